The smallest absolute Gasteiger partial charge is 0.405 e. The van der Waals surface area contributed by atoms with Crippen molar-refractivity contribution in [3.05, 3.63) is 48.3 Å². The fourth-order valence-electron chi connectivity index (χ4n) is 3.65. The molecule has 1 aromatic carbocycles. The van der Waals surface area contributed by atoms with Crippen molar-refractivity contribution in [1.29, 1.82) is 0 Å². The van der Waals surface area contributed by atoms with Crippen molar-refractivity contribution in [3.8, 4) is 5.75 Å². The third-order valence-electron chi connectivity index (χ3n) is 5.11. The standard InChI is InChI=1S/C20H22FN5O3/c1-29-14-7-6-13(22-10-14)11-26-18-5-3-2-4-16(18)23-19(26)25-9-8-15(21)17(12-25)24-20(27)28/h2-7,10,15,17,24H,8-9,11-12H2,1H3,(H,27,28)/t15-,17-/m1/s1. The zero-order chi connectivity index (χ0) is 20.4. The number of nitrogens with one attached hydrogen (secondary N) is 1. The van der Waals surface area contributed by atoms with Crippen molar-refractivity contribution in [2.45, 2.75) is 25.2 Å². The molecule has 3 aromatic rings. The molecular weight excluding hydrogens is 377 g/mol. The molecule has 1 aliphatic rings. The van der Waals surface area contributed by atoms with Gasteiger partial charge in [-0.2, -0.15) is 0 Å². The number of anilines is 1. The number of amides is 1. The first-order valence-electron chi connectivity index (χ1n) is 9.38. The number of alkyl halides is 1. The molecule has 1 saturated heterocycles. The minimum atomic E-state index is -1.23. The van der Waals surface area contributed by atoms with Crippen LogP contribution >= 0.6 is 0 Å². The Labute approximate surface area is 166 Å². The number of fused-ring (bicyclic) bond motifs is 1. The van der Waals surface area contributed by atoms with Gasteiger partial charge in [0.1, 0.15) is 11.9 Å². The lowest BCUT2D eigenvalue weighted by Crippen LogP contribution is -2.54. The summed E-state index contributed by atoms with van der Waals surface area (Å²) in [6.45, 7) is 1.15. The first-order chi connectivity index (χ1) is 14.0. The lowest BCUT2D eigenvalue weighted by Gasteiger charge is -2.35. The van der Waals surface area contributed by atoms with Crippen LogP contribution in [0.4, 0.5) is 15.1 Å². The van der Waals surface area contributed by atoms with Gasteiger partial charge in [-0.1, -0.05) is 12.1 Å². The highest BCUT2D eigenvalue weighted by Crippen LogP contribution is 2.27. The summed E-state index contributed by atoms with van der Waals surface area (Å²) in [6.07, 6.45) is -0.552. The number of ether oxygens (including phenoxy) is 1. The number of nitrogens with zero attached hydrogens (tertiary/aromatic N) is 4. The largest absolute Gasteiger partial charge is 0.495 e. The Kier molecular flexibility index (Phi) is 5.20. The number of halogens is 1. The van der Waals surface area contributed by atoms with Gasteiger partial charge in [-0.05, 0) is 30.7 Å². The van der Waals surface area contributed by atoms with Crippen LogP contribution in [0.2, 0.25) is 0 Å². The molecule has 2 atom stereocenters. The molecule has 0 bridgehead atoms. The van der Waals surface area contributed by atoms with Crippen molar-refractivity contribution in [2.75, 3.05) is 25.1 Å². The number of hydrogen-bond acceptors (Lipinski definition) is 5. The monoisotopic (exact) mass is 399 g/mol. The SMILES string of the molecule is COc1ccc(Cn2c(N3CC[C@@H](F)[C@H](NC(=O)O)C3)nc3ccccc32)nc1. The van der Waals surface area contributed by atoms with Crippen molar-refractivity contribution < 1.29 is 19.0 Å². The number of hydrogen-bond donors (Lipinski definition) is 2. The van der Waals surface area contributed by atoms with Gasteiger partial charge in [-0.25, -0.2) is 14.2 Å². The minimum absolute atomic E-state index is 0.215. The van der Waals surface area contributed by atoms with Gasteiger partial charge in [0.25, 0.3) is 0 Å². The third-order valence-corrected chi connectivity index (χ3v) is 5.11. The van der Waals surface area contributed by atoms with Crippen LogP contribution in [0.3, 0.4) is 0 Å². The van der Waals surface area contributed by atoms with Gasteiger partial charge in [0, 0.05) is 13.1 Å². The van der Waals surface area contributed by atoms with E-state index in [1.807, 2.05) is 45.9 Å². The Morgan fingerprint density at radius 2 is 2.17 bits per heavy atom. The van der Waals surface area contributed by atoms with E-state index in [2.05, 4.69) is 10.3 Å². The summed E-state index contributed by atoms with van der Waals surface area (Å²) in [5, 5.41) is 11.3. The molecule has 1 amide bonds. The van der Waals surface area contributed by atoms with E-state index in [0.29, 0.717) is 24.8 Å². The molecule has 0 spiro atoms. The molecule has 2 aromatic heterocycles. The van der Waals surface area contributed by atoms with Gasteiger partial charge < -0.3 is 24.6 Å². The topological polar surface area (TPSA) is 92.5 Å². The van der Waals surface area contributed by atoms with Crippen molar-refractivity contribution >= 4 is 23.1 Å². The Bertz CT molecular complexity index is 1010. The van der Waals surface area contributed by atoms with E-state index in [1.54, 1.807) is 13.3 Å². The van der Waals surface area contributed by atoms with Crippen LogP contribution in [-0.2, 0) is 6.54 Å². The average molecular weight is 399 g/mol. The van der Waals surface area contributed by atoms with Crippen molar-refractivity contribution in [2.24, 2.45) is 0 Å². The van der Waals surface area contributed by atoms with E-state index < -0.39 is 18.3 Å². The molecular formula is C20H22FN5O3. The summed E-state index contributed by atoms with van der Waals surface area (Å²) in [4.78, 5) is 22.1. The Hall–Kier alpha value is -3.36. The molecule has 0 unspecified atom stereocenters. The number of benzene rings is 1. The van der Waals surface area contributed by atoms with Crippen LogP contribution in [0, 0.1) is 0 Å². The molecule has 29 heavy (non-hydrogen) atoms. The summed E-state index contributed by atoms with van der Waals surface area (Å²) < 4.78 is 21.4. The second-order valence-electron chi connectivity index (χ2n) is 6.98. The predicted molar refractivity (Wildman–Crippen MR) is 106 cm³/mol. The lowest BCUT2D eigenvalue weighted by molar-refractivity contribution is 0.167. The van der Waals surface area contributed by atoms with Crippen LogP contribution in [0.25, 0.3) is 11.0 Å². The molecule has 1 aliphatic heterocycles. The minimum Gasteiger partial charge on any atom is -0.495 e. The quantitative estimate of drug-likeness (QED) is 0.685. The fraction of sp³-hybridized carbons (Fsp3) is 0.350. The number of aromatic nitrogens is 3. The third kappa shape index (κ3) is 3.94. The molecule has 2 N–H and O–H groups in total. The number of carboxylic acid groups (broad SMARTS) is 1. The maximum absolute atomic E-state index is 14.2. The molecule has 4 rings (SSSR count). The molecule has 0 radical (unpaired) electrons. The van der Waals surface area contributed by atoms with Gasteiger partial charge in [-0.3, -0.25) is 4.98 Å². The maximum atomic E-state index is 14.2. The highest BCUT2D eigenvalue weighted by Gasteiger charge is 2.32. The second kappa shape index (κ2) is 7.94. The Morgan fingerprint density at radius 1 is 1.34 bits per heavy atom. The molecule has 1 fully saturated rings. The van der Waals surface area contributed by atoms with Gasteiger partial charge >= 0.3 is 6.09 Å². The number of pyridine rings is 1. The molecule has 152 valence electrons. The van der Waals surface area contributed by atoms with Crippen LogP contribution in [-0.4, -0.2) is 58.1 Å². The second-order valence-corrected chi connectivity index (χ2v) is 6.98. The van der Waals surface area contributed by atoms with E-state index in [-0.39, 0.29) is 13.0 Å². The number of methoxy groups -OCH3 is 1. The van der Waals surface area contributed by atoms with Gasteiger partial charge in [0.2, 0.25) is 5.95 Å². The highest BCUT2D eigenvalue weighted by atomic mass is 19.1. The normalized spacial score (nSPS) is 19.3. The van der Waals surface area contributed by atoms with Crippen molar-refractivity contribution in [3.63, 3.8) is 0 Å². The average Bonchev–Trinajstić information content (AvgIpc) is 3.08. The van der Waals surface area contributed by atoms with E-state index in [1.165, 1.54) is 0 Å². The first kappa shape index (κ1) is 19.0. The zero-order valence-corrected chi connectivity index (χ0v) is 16.0. The summed E-state index contributed by atoms with van der Waals surface area (Å²) >= 11 is 0. The number of imidazole rings is 1. The molecule has 0 aliphatic carbocycles. The zero-order valence-electron chi connectivity index (χ0n) is 16.0. The van der Waals surface area contributed by atoms with Crippen LogP contribution in [0.15, 0.2) is 42.6 Å². The highest BCUT2D eigenvalue weighted by molar-refractivity contribution is 5.79. The summed E-state index contributed by atoms with van der Waals surface area (Å²) in [7, 11) is 1.59. The van der Waals surface area contributed by atoms with E-state index >= 15 is 0 Å². The van der Waals surface area contributed by atoms with E-state index in [0.717, 1.165) is 16.7 Å². The predicted octanol–water partition coefficient (Wildman–Crippen LogP) is 2.67. The molecule has 0 saturated carbocycles. The van der Waals surface area contributed by atoms with E-state index in [4.69, 9.17) is 14.8 Å². The summed E-state index contributed by atoms with van der Waals surface area (Å²) in [6, 6.07) is 10.7. The first-order valence-corrected chi connectivity index (χ1v) is 9.38. The number of rotatable bonds is 5. The van der Waals surface area contributed by atoms with Crippen LogP contribution in [0.1, 0.15) is 12.1 Å². The van der Waals surface area contributed by atoms with Crippen molar-refractivity contribution in [1.82, 2.24) is 19.9 Å². The summed E-state index contributed by atoms with van der Waals surface area (Å²) in [5.41, 5.74) is 2.59. The van der Waals surface area contributed by atoms with E-state index in [9.17, 15) is 9.18 Å². The Balaban J connectivity index is 1.68. The maximum Gasteiger partial charge on any atom is 0.405 e. The number of para-hydroxylation sites is 2. The number of carbonyl (C=O) groups is 1. The van der Waals surface area contributed by atoms with Gasteiger partial charge in [-0.15, -0.1) is 0 Å². The van der Waals surface area contributed by atoms with Crippen LogP contribution in [0.5, 0.6) is 5.75 Å². The van der Waals surface area contributed by atoms with Gasteiger partial charge in [0.15, 0.2) is 0 Å². The fourth-order valence-corrected chi connectivity index (χ4v) is 3.65. The molecule has 3 heterocycles. The molecule has 8 nitrogen and oxygen atoms in total. The Morgan fingerprint density at radius 3 is 2.90 bits per heavy atom. The summed E-state index contributed by atoms with van der Waals surface area (Å²) in [5.74, 6) is 1.35. The molecule has 9 heteroatoms. The lowest BCUT2D eigenvalue weighted by atomic mass is 10.0. The van der Waals surface area contributed by atoms with Crippen LogP contribution < -0.4 is 15.0 Å². The number of piperidine rings is 1. The van der Waals surface area contributed by atoms with Gasteiger partial charge in [0.05, 0.1) is 42.6 Å².